The summed E-state index contributed by atoms with van der Waals surface area (Å²) in [5, 5.41) is 15.9. The SMILES string of the molecule is O=C(c1cn[nH]c1-c1c(F)cccc1F)N1C[C@@H]2CCC[C@@]2(C(=O)O)C1. The normalized spacial score (nSPS) is 24.7. The zero-order chi connectivity index (χ0) is 18.5. The maximum atomic E-state index is 14.1. The number of carbonyl (C=O) groups excluding carboxylic acids is 1. The average Bonchev–Trinajstić information content (AvgIpc) is 3.28. The fourth-order valence-corrected chi connectivity index (χ4v) is 4.34. The number of nitrogens with zero attached hydrogens (tertiary/aromatic N) is 2. The van der Waals surface area contributed by atoms with Crippen molar-refractivity contribution in [1.82, 2.24) is 15.1 Å². The van der Waals surface area contributed by atoms with Crippen LogP contribution in [0.25, 0.3) is 11.3 Å². The monoisotopic (exact) mass is 361 g/mol. The number of aliphatic carboxylic acids is 1. The summed E-state index contributed by atoms with van der Waals surface area (Å²) in [5.41, 5.74) is -1.26. The van der Waals surface area contributed by atoms with Gasteiger partial charge >= 0.3 is 5.97 Å². The number of benzene rings is 1. The van der Waals surface area contributed by atoms with E-state index in [4.69, 9.17) is 0 Å². The highest BCUT2D eigenvalue weighted by Crippen LogP contribution is 2.49. The fraction of sp³-hybridized carbons (Fsp3) is 0.389. The fourth-order valence-electron chi connectivity index (χ4n) is 4.34. The van der Waals surface area contributed by atoms with Crippen LogP contribution in [-0.2, 0) is 4.79 Å². The number of H-pyrrole nitrogens is 1. The maximum Gasteiger partial charge on any atom is 0.311 e. The highest BCUT2D eigenvalue weighted by molar-refractivity contribution is 6.00. The summed E-state index contributed by atoms with van der Waals surface area (Å²) in [6.45, 7) is 0.436. The number of hydrogen-bond acceptors (Lipinski definition) is 3. The molecular weight excluding hydrogens is 344 g/mol. The van der Waals surface area contributed by atoms with E-state index in [2.05, 4.69) is 10.2 Å². The first-order chi connectivity index (χ1) is 12.4. The minimum Gasteiger partial charge on any atom is -0.481 e. The van der Waals surface area contributed by atoms with Crippen molar-refractivity contribution >= 4 is 11.9 Å². The summed E-state index contributed by atoms with van der Waals surface area (Å²) in [4.78, 5) is 26.2. The summed E-state index contributed by atoms with van der Waals surface area (Å²) in [7, 11) is 0. The number of fused-ring (bicyclic) bond motifs is 1. The molecule has 1 amide bonds. The summed E-state index contributed by atoms with van der Waals surface area (Å²) < 4.78 is 28.2. The van der Waals surface area contributed by atoms with Gasteiger partial charge in [-0.05, 0) is 30.9 Å². The van der Waals surface area contributed by atoms with E-state index < -0.39 is 28.9 Å². The number of carboxylic acid groups (broad SMARTS) is 1. The Kier molecular flexibility index (Phi) is 3.78. The Labute approximate surface area is 147 Å². The zero-order valence-electron chi connectivity index (χ0n) is 13.8. The number of halogens is 2. The Morgan fingerprint density at radius 3 is 2.69 bits per heavy atom. The minimum absolute atomic E-state index is 0.0352. The molecule has 2 fully saturated rings. The van der Waals surface area contributed by atoms with E-state index in [0.717, 1.165) is 25.0 Å². The van der Waals surface area contributed by atoms with Crippen LogP contribution in [0.1, 0.15) is 29.6 Å². The average molecular weight is 361 g/mol. The Morgan fingerprint density at radius 1 is 1.31 bits per heavy atom. The molecule has 0 bridgehead atoms. The number of aromatic nitrogens is 2. The van der Waals surface area contributed by atoms with Gasteiger partial charge in [0, 0.05) is 13.1 Å². The van der Waals surface area contributed by atoms with Gasteiger partial charge in [-0.2, -0.15) is 5.10 Å². The van der Waals surface area contributed by atoms with Crippen LogP contribution in [0.15, 0.2) is 24.4 Å². The molecule has 2 heterocycles. The first-order valence-corrected chi connectivity index (χ1v) is 8.44. The highest BCUT2D eigenvalue weighted by Gasteiger charge is 2.56. The molecule has 1 saturated heterocycles. The van der Waals surface area contributed by atoms with E-state index in [1.807, 2.05) is 0 Å². The number of likely N-dealkylation sites (tertiary alicyclic amines) is 1. The molecule has 136 valence electrons. The third-order valence-corrected chi connectivity index (χ3v) is 5.67. The van der Waals surface area contributed by atoms with Gasteiger partial charge in [0.2, 0.25) is 0 Å². The Bertz CT molecular complexity index is 877. The van der Waals surface area contributed by atoms with E-state index in [0.29, 0.717) is 13.0 Å². The van der Waals surface area contributed by atoms with E-state index in [9.17, 15) is 23.5 Å². The molecule has 1 aromatic carbocycles. The predicted molar refractivity (Wildman–Crippen MR) is 87.3 cm³/mol. The van der Waals surface area contributed by atoms with Crippen LogP contribution in [0.5, 0.6) is 0 Å². The maximum absolute atomic E-state index is 14.1. The van der Waals surface area contributed by atoms with Crippen LogP contribution in [0.4, 0.5) is 8.78 Å². The standard InChI is InChI=1S/C18H17F2N3O3/c19-12-4-1-5-13(20)14(12)15-11(7-21-22-15)16(24)23-8-10-3-2-6-18(10,9-23)17(25)26/h1,4-5,7,10H,2-3,6,8-9H2,(H,21,22)(H,25,26)/t10-,18+/m0/s1. The van der Waals surface area contributed by atoms with Crippen molar-refractivity contribution in [2.24, 2.45) is 11.3 Å². The van der Waals surface area contributed by atoms with Crippen LogP contribution >= 0.6 is 0 Å². The lowest BCUT2D eigenvalue weighted by Crippen LogP contribution is -2.37. The van der Waals surface area contributed by atoms with Gasteiger partial charge in [-0.15, -0.1) is 0 Å². The quantitative estimate of drug-likeness (QED) is 0.880. The summed E-state index contributed by atoms with van der Waals surface area (Å²) in [6.07, 6.45) is 3.36. The van der Waals surface area contributed by atoms with E-state index >= 15 is 0 Å². The van der Waals surface area contributed by atoms with Crippen LogP contribution in [-0.4, -0.2) is 45.2 Å². The molecule has 2 N–H and O–H groups in total. The van der Waals surface area contributed by atoms with E-state index in [-0.39, 0.29) is 29.3 Å². The van der Waals surface area contributed by atoms with Crippen LogP contribution in [0, 0.1) is 23.0 Å². The second-order valence-corrected chi connectivity index (χ2v) is 6.99. The topological polar surface area (TPSA) is 86.3 Å². The van der Waals surface area contributed by atoms with Gasteiger partial charge < -0.3 is 10.0 Å². The molecule has 1 saturated carbocycles. The van der Waals surface area contributed by atoms with Gasteiger partial charge in [-0.1, -0.05) is 12.5 Å². The van der Waals surface area contributed by atoms with Crippen LogP contribution in [0.3, 0.4) is 0 Å². The third-order valence-electron chi connectivity index (χ3n) is 5.67. The second kappa shape index (κ2) is 5.89. The van der Waals surface area contributed by atoms with E-state index in [1.54, 1.807) is 0 Å². The molecule has 26 heavy (non-hydrogen) atoms. The molecule has 4 rings (SSSR count). The summed E-state index contributed by atoms with van der Waals surface area (Å²) >= 11 is 0. The molecule has 8 heteroatoms. The lowest BCUT2D eigenvalue weighted by Gasteiger charge is -2.23. The van der Waals surface area contributed by atoms with Crippen LogP contribution in [0.2, 0.25) is 0 Å². The number of carboxylic acids is 1. The molecule has 1 aliphatic heterocycles. The number of rotatable bonds is 3. The van der Waals surface area contributed by atoms with Crippen molar-refractivity contribution < 1.29 is 23.5 Å². The lowest BCUT2D eigenvalue weighted by molar-refractivity contribution is -0.149. The Morgan fingerprint density at radius 2 is 2.04 bits per heavy atom. The Balaban J connectivity index is 1.68. The molecule has 1 aromatic heterocycles. The molecule has 6 nitrogen and oxygen atoms in total. The number of nitrogens with one attached hydrogen (secondary N) is 1. The molecule has 2 aliphatic rings. The van der Waals surface area contributed by atoms with Gasteiger partial charge in [0.25, 0.3) is 5.91 Å². The molecule has 0 radical (unpaired) electrons. The first kappa shape index (κ1) is 16.7. The summed E-state index contributed by atoms with van der Waals surface area (Å²) in [6, 6.07) is 3.45. The molecule has 2 aromatic rings. The first-order valence-electron chi connectivity index (χ1n) is 8.44. The zero-order valence-corrected chi connectivity index (χ0v) is 13.8. The van der Waals surface area contributed by atoms with Gasteiger partial charge in [0.15, 0.2) is 0 Å². The van der Waals surface area contributed by atoms with Gasteiger partial charge in [0.05, 0.1) is 28.4 Å². The smallest absolute Gasteiger partial charge is 0.311 e. The van der Waals surface area contributed by atoms with Gasteiger partial charge in [-0.3, -0.25) is 14.7 Å². The summed E-state index contributed by atoms with van der Waals surface area (Å²) in [5.74, 6) is -3.05. The van der Waals surface area contributed by atoms with Crippen molar-refractivity contribution in [3.05, 3.63) is 41.6 Å². The van der Waals surface area contributed by atoms with Crippen molar-refractivity contribution in [1.29, 1.82) is 0 Å². The molecule has 1 aliphatic carbocycles. The molecular formula is C18H17F2N3O3. The number of carbonyl (C=O) groups is 2. The Hall–Kier alpha value is -2.77. The number of aromatic amines is 1. The lowest BCUT2D eigenvalue weighted by atomic mass is 9.81. The third kappa shape index (κ3) is 2.32. The van der Waals surface area contributed by atoms with Crippen LogP contribution < -0.4 is 0 Å². The van der Waals surface area contributed by atoms with Gasteiger partial charge in [-0.25, -0.2) is 8.78 Å². The minimum atomic E-state index is -0.914. The molecule has 0 unspecified atom stereocenters. The number of hydrogen-bond donors (Lipinski definition) is 2. The van der Waals surface area contributed by atoms with Crippen molar-refractivity contribution in [2.75, 3.05) is 13.1 Å². The van der Waals surface area contributed by atoms with Crippen molar-refractivity contribution in [2.45, 2.75) is 19.3 Å². The second-order valence-electron chi connectivity index (χ2n) is 6.99. The number of amides is 1. The largest absolute Gasteiger partial charge is 0.481 e. The van der Waals surface area contributed by atoms with Crippen molar-refractivity contribution in [3.8, 4) is 11.3 Å². The molecule has 2 atom stereocenters. The van der Waals surface area contributed by atoms with Gasteiger partial charge in [0.1, 0.15) is 11.6 Å². The van der Waals surface area contributed by atoms with Crippen molar-refractivity contribution in [3.63, 3.8) is 0 Å². The predicted octanol–water partition coefficient (Wildman–Crippen LogP) is 2.68. The molecule has 0 spiro atoms. The van der Waals surface area contributed by atoms with E-state index in [1.165, 1.54) is 17.2 Å². The highest BCUT2D eigenvalue weighted by atomic mass is 19.1.